The molecule has 118 valence electrons. The SMILES string of the molecule is COc1ccc(CNC(CC(C)C)C(=O)N(C)C)cc1O. The Hall–Kier alpha value is -1.75. The molecule has 0 radical (unpaired) electrons. The summed E-state index contributed by atoms with van der Waals surface area (Å²) in [6.45, 7) is 4.71. The van der Waals surface area contributed by atoms with Crippen molar-refractivity contribution in [3.63, 3.8) is 0 Å². The summed E-state index contributed by atoms with van der Waals surface area (Å²) < 4.78 is 5.02. The Kier molecular flexibility index (Phi) is 6.49. The van der Waals surface area contributed by atoms with E-state index < -0.39 is 0 Å². The molecule has 1 aromatic rings. The lowest BCUT2D eigenvalue weighted by Crippen LogP contribution is -2.44. The molecule has 1 aromatic carbocycles. The molecule has 5 nitrogen and oxygen atoms in total. The van der Waals surface area contributed by atoms with E-state index in [-0.39, 0.29) is 17.7 Å². The third-order valence-electron chi connectivity index (χ3n) is 3.24. The molecule has 2 N–H and O–H groups in total. The van der Waals surface area contributed by atoms with Crippen molar-refractivity contribution >= 4 is 5.91 Å². The van der Waals surface area contributed by atoms with Gasteiger partial charge in [-0.2, -0.15) is 0 Å². The third kappa shape index (κ3) is 5.27. The zero-order chi connectivity index (χ0) is 16.0. The summed E-state index contributed by atoms with van der Waals surface area (Å²) in [7, 11) is 5.04. The number of carbonyl (C=O) groups is 1. The van der Waals surface area contributed by atoms with Crippen LogP contribution in [-0.4, -0.2) is 43.2 Å². The van der Waals surface area contributed by atoms with E-state index in [1.807, 2.05) is 6.07 Å². The van der Waals surface area contributed by atoms with Gasteiger partial charge in [-0.05, 0) is 30.0 Å². The predicted octanol–water partition coefficient (Wildman–Crippen LogP) is 1.99. The summed E-state index contributed by atoms with van der Waals surface area (Å²) >= 11 is 0. The quantitative estimate of drug-likeness (QED) is 0.807. The Morgan fingerprint density at radius 3 is 2.52 bits per heavy atom. The van der Waals surface area contributed by atoms with Crippen LogP contribution in [0.1, 0.15) is 25.8 Å². The van der Waals surface area contributed by atoms with Gasteiger partial charge in [0.1, 0.15) is 0 Å². The normalized spacial score (nSPS) is 12.3. The van der Waals surface area contributed by atoms with Gasteiger partial charge in [-0.3, -0.25) is 4.79 Å². The topological polar surface area (TPSA) is 61.8 Å². The number of aromatic hydroxyl groups is 1. The minimum atomic E-state index is -0.218. The molecule has 21 heavy (non-hydrogen) atoms. The maximum Gasteiger partial charge on any atom is 0.239 e. The van der Waals surface area contributed by atoms with E-state index in [0.29, 0.717) is 18.2 Å². The lowest BCUT2D eigenvalue weighted by Gasteiger charge is -2.23. The number of ether oxygens (including phenoxy) is 1. The lowest BCUT2D eigenvalue weighted by atomic mass is 10.0. The molecule has 0 aliphatic rings. The maximum atomic E-state index is 12.2. The molecule has 0 fully saturated rings. The van der Waals surface area contributed by atoms with Gasteiger partial charge in [-0.25, -0.2) is 0 Å². The van der Waals surface area contributed by atoms with E-state index in [2.05, 4.69) is 19.2 Å². The van der Waals surface area contributed by atoms with Crippen LogP contribution in [0.4, 0.5) is 0 Å². The summed E-state index contributed by atoms with van der Waals surface area (Å²) in [6, 6.07) is 5.03. The number of nitrogens with zero attached hydrogens (tertiary/aromatic N) is 1. The van der Waals surface area contributed by atoms with Crippen LogP contribution >= 0.6 is 0 Å². The summed E-state index contributed by atoms with van der Waals surface area (Å²) in [5, 5.41) is 13.0. The number of likely N-dealkylation sites (N-methyl/N-ethyl adjacent to an activating group) is 1. The van der Waals surface area contributed by atoms with E-state index in [0.717, 1.165) is 12.0 Å². The molecule has 0 aliphatic carbocycles. The van der Waals surface area contributed by atoms with Crippen LogP contribution in [0.25, 0.3) is 0 Å². The Bertz CT molecular complexity index is 473. The fourth-order valence-corrected chi connectivity index (χ4v) is 2.14. The van der Waals surface area contributed by atoms with Crippen molar-refractivity contribution < 1.29 is 14.6 Å². The van der Waals surface area contributed by atoms with Crippen molar-refractivity contribution in [3.8, 4) is 11.5 Å². The summed E-state index contributed by atoms with van der Waals surface area (Å²) in [6.07, 6.45) is 0.777. The van der Waals surface area contributed by atoms with E-state index in [4.69, 9.17) is 4.74 Å². The second kappa shape index (κ2) is 7.88. The zero-order valence-corrected chi connectivity index (χ0v) is 13.5. The minimum absolute atomic E-state index is 0.0708. The van der Waals surface area contributed by atoms with Crippen molar-refractivity contribution in [1.82, 2.24) is 10.2 Å². The van der Waals surface area contributed by atoms with Crippen molar-refractivity contribution in [2.75, 3.05) is 21.2 Å². The number of hydrogen-bond acceptors (Lipinski definition) is 4. The number of phenols is 1. The Morgan fingerprint density at radius 2 is 2.05 bits per heavy atom. The highest BCUT2D eigenvalue weighted by Crippen LogP contribution is 2.26. The molecule has 0 spiro atoms. The first-order valence-corrected chi connectivity index (χ1v) is 7.15. The molecule has 0 heterocycles. The number of hydrogen-bond donors (Lipinski definition) is 2. The predicted molar refractivity (Wildman–Crippen MR) is 83.4 cm³/mol. The average Bonchev–Trinajstić information content (AvgIpc) is 2.42. The first kappa shape index (κ1) is 17.3. The number of amides is 1. The molecule has 1 atom stereocenters. The molecule has 5 heteroatoms. The van der Waals surface area contributed by atoms with Crippen LogP contribution in [0.3, 0.4) is 0 Å². The van der Waals surface area contributed by atoms with Crippen molar-refractivity contribution in [3.05, 3.63) is 23.8 Å². The fraction of sp³-hybridized carbons (Fsp3) is 0.562. The van der Waals surface area contributed by atoms with Gasteiger partial charge >= 0.3 is 0 Å². The molecule has 0 saturated heterocycles. The van der Waals surface area contributed by atoms with Crippen LogP contribution in [0.15, 0.2) is 18.2 Å². The van der Waals surface area contributed by atoms with E-state index in [9.17, 15) is 9.90 Å². The second-order valence-electron chi connectivity index (χ2n) is 5.80. The highest BCUT2D eigenvalue weighted by Gasteiger charge is 2.20. The highest BCUT2D eigenvalue weighted by molar-refractivity contribution is 5.81. The maximum absolute atomic E-state index is 12.2. The van der Waals surface area contributed by atoms with Gasteiger partial charge in [-0.15, -0.1) is 0 Å². The Morgan fingerprint density at radius 1 is 1.38 bits per heavy atom. The van der Waals surface area contributed by atoms with Gasteiger partial charge in [0.05, 0.1) is 13.2 Å². The smallest absolute Gasteiger partial charge is 0.239 e. The Labute approximate surface area is 126 Å². The number of benzene rings is 1. The standard InChI is InChI=1S/C16H26N2O3/c1-11(2)8-13(16(20)18(3)4)17-10-12-6-7-15(21-5)14(19)9-12/h6-7,9,11,13,17,19H,8,10H2,1-5H3. The van der Waals surface area contributed by atoms with Gasteiger partial charge in [0, 0.05) is 20.6 Å². The number of methoxy groups -OCH3 is 1. The summed E-state index contributed by atoms with van der Waals surface area (Å²) in [5.74, 6) is 1.05. The molecule has 0 bridgehead atoms. The van der Waals surface area contributed by atoms with Crippen LogP contribution in [0.5, 0.6) is 11.5 Å². The van der Waals surface area contributed by atoms with Gasteiger partial charge < -0.3 is 20.1 Å². The van der Waals surface area contributed by atoms with Crippen molar-refractivity contribution in [1.29, 1.82) is 0 Å². The number of carbonyl (C=O) groups excluding carboxylic acids is 1. The number of rotatable bonds is 7. The van der Waals surface area contributed by atoms with Crippen LogP contribution in [0, 0.1) is 5.92 Å². The molecule has 0 saturated carbocycles. The lowest BCUT2D eigenvalue weighted by molar-refractivity contribution is -0.131. The zero-order valence-electron chi connectivity index (χ0n) is 13.5. The molecular weight excluding hydrogens is 268 g/mol. The van der Waals surface area contributed by atoms with E-state index in [1.54, 1.807) is 31.1 Å². The fourth-order valence-electron chi connectivity index (χ4n) is 2.14. The molecule has 1 unspecified atom stereocenters. The molecule has 0 aliphatic heterocycles. The van der Waals surface area contributed by atoms with E-state index in [1.165, 1.54) is 7.11 Å². The first-order chi connectivity index (χ1) is 9.85. The second-order valence-corrected chi connectivity index (χ2v) is 5.80. The van der Waals surface area contributed by atoms with Crippen molar-refractivity contribution in [2.45, 2.75) is 32.9 Å². The van der Waals surface area contributed by atoms with E-state index >= 15 is 0 Å². The Balaban J connectivity index is 2.72. The van der Waals surface area contributed by atoms with Crippen LogP contribution in [0.2, 0.25) is 0 Å². The summed E-state index contributed by atoms with van der Waals surface area (Å²) in [5.41, 5.74) is 0.911. The number of phenolic OH excluding ortho intramolecular Hbond substituents is 1. The van der Waals surface area contributed by atoms with Crippen LogP contribution in [-0.2, 0) is 11.3 Å². The monoisotopic (exact) mass is 294 g/mol. The van der Waals surface area contributed by atoms with Gasteiger partial charge in [0.25, 0.3) is 0 Å². The molecule has 1 amide bonds. The minimum Gasteiger partial charge on any atom is -0.504 e. The third-order valence-corrected chi connectivity index (χ3v) is 3.24. The van der Waals surface area contributed by atoms with Gasteiger partial charge in [0.15, 0.2) is 11.5 Å². The highest BCUT2D eigenvalue weighted by atomic mass is 16.5. The van der Waals surface area contributed by atoms with Crippen molar-refractivity contribution in [2.24, 2.45) is 5.92 Å². The molecular formula is C16H26N2O3. The number of nitrogens with one attached hydrogen (secondary N) is 1. The van der Waals surface area contributed by atoms with Crippen LogP contribution < -0.4 is 10.1 Å². The molecule has 1 rings (SSSR count). The first-order valence-electron chi connectivity index (χ1n) is 7.15. The van der Waals surface area contributed by atoms with Gasteiger partial charge in [-0.1, -0.05) is 19.9 Å². The molecule has 0 aromatic heterocycles. The average molecular weight is 294 g/mol. The van der Waals surface area contributed by atoms with Gasteiger partial charge in [0.2, 0.25) is 5.91 Å². The summed E-state index contributed by atoms with van der Waals surface area (Å²) in [4.78, 5) is 13.8. The largest absolute Gasteiger partial charge is 0.504 e.